The first kappa shape index (κ1) is 20.4. The van der Waals surface area contributed by atoms with Crippen molar-refractivity contribution in [3.05, 3.63) is 41.2 Å². The first-order valence-corrected chi connectivity index (χ1v) is 8.65. The van der Waals surface area contributed by atoms with Crippen LogP contribution in [0.25, 0.3) is 0 Å². The lowest BCUT2D eigenvalue weighted by Crippen LogP contribution is -2.21. The summed E-state index contributed by atoms with van der Waals surface area (Å²) in [6.07, 6.45) is 0. The molecule has 0 radical (unpaired) electrons. The van der Waals surface area contributed by atoms with E-state index in [9.17, 15) is 9.59 Å². The largest absolute Gasteiger partial charge is 0.493 e. The monoisotopic (exact) mass is 374 g/mol. The molecule has 0 saturated carbocycles. The molecule has 0 bridgehead atoms. The molecule has 0 aliphatic heterocycles. The predicted molar refractivity (Wildman–Crippen MR) is 103 cm³/mol. The maximum absolute atomic E-state index is 12.3. The van der Waals surface area contributed by atoms with Gasteiger partial charge in [-0.3, -0.25) is 4.79 Å². The van der Waals surface area contributed by atoms with Gasteiger partial charge in [0.15, 0.2) is 18.1 Å². The van der Waals surface area contributed by atoms with E-state index in [4.69, 9.17) is 14.2 Å². The van der Waals surface area contributed by atoms with Gasteiger partial charge in [-0.05, 0) is 45.9 Å². The summed E-state index contributed by atoms with van der Waals surface area (Å²) in [6, 6.07) is 7.01. The van der Waals surface area contributed by atoms with E-state index >= 15 is 0 Å². The van der Waals surface area contributed by atoms with Crippen molar-refractivity contribution < 1.29 is 23.8 Å². The summed E-state index contributed by atoms with van der Waals surface area (Å²) in [5.74, 6) is 0.0987. The minimum Gasteiger partial charge on any atom is -0.493 e. The van der Waals surface area contributed by atoms with Crippen molar-refractivity contribution in [3.8, 4) is 11.5 Å². The number of ether oxygens (including phenoxy) is 3. The zero-order valence-electron chi connectivity index (χ0n) is 16.6. The van der Waals surface area contributed by atoms with Crippen molar-refractivity contribution in [1.82, 2.24) is 4.57 Å². The van der Waals surface area contributed by atoms with Crippen LogP contribution in [-0.2, 0) is 9.53 Å². The summed E-state index contributed by atoms with van der Waals surface area (Å²) in [4.78, 5) is 24.4. The number of aryl methyl sites for hydroxylation is 1. The fourth-order valence-corrected chi connectivity index (χ4v) is 3.10. The maximum Gasteiger partial charge on any atom is 0.340 e. The summed E-state index contributed by atoms with van der Waals surface area (Å²) in [5.41, 5.74) is 2.80. The number of hydrogen-bond donors (Lipinski definition) is 1. The highest BCUT2D eigenvalue weighted by atomic mass is 16.5. The van der Waals surface area contributed by atoms with Gasteiger partial charge in [-0.25, -0.2) is 4.79 Å². The van der Waals surface area contributed by atoms with Crippen molar-refractivity contribution in [2.24, 2.45) is 0 Å². The number of hydrogen-bond acceptors (Lipinski definition) is 5. The lowest BCUT2D eigenvalue weighted by Gasteiger charge is -2.13. The molecule has 2 rings (SSSR count). The Kier molecular flexibility index (Phi) is 6.50. The van der Waals surface area contributed by atoms with Crippen LogP contribution in [0.5, 0.6) is 11.5 Å². The number of amides is 1. The second-order valence-corrected chi connectivity index (χ2v) is 6.44. The summed E-state index contributed by atoms with van der Waals surface area (Å²) in [6.45, 7) is 7.52. The highest BCUT2D eigenvalue weighted by molar-refractivity contribution is 5.96. The van der Waals surface area contributed by atoms with Crippen molar-refractivity contribution in [3.63, 3.8) is 0 Å². The second-order valence-electron chi connectivity index (χ2n) is 6.44. The number of rotatable bonds is 7. The third-order valence-corrected chi connectivity index (χ3v) is 4.22. The molecule has 1 aromatic heterocycles. The number of nitrogens with one attached hydrogen (secondary N) is 1. The third kappa shape index (κ3) is 4.61. The number of methoxy groups -OCH3 is 2. The SMILES string of the molecule is COc1ccc(NC(=O)COC(=O)c2cc(C)n(C(C)C)c2C)cc1OC. The number of aromatic nitrogens is 1. The number of nitrogens with zero attached hydrogens (tertiary/aromatic N) is 1. The molecule has 1 amide bonds. The zero-order valence-corrected chi connectivity index (χ0v) is 16.6. The highest BCUT2D eigenvalue weighted by Gasteiger charge is 2.19. The van der Waals surface area contributed by atoms with Crippen LogP contribution in [0.2, 0.25) is 0 Å². The number of benzene rings is 1. The Balaban J connectivity index is 2.00. The highest BCUT2D eigenvalue weighted by Crippen LogP contribution is 2.29. The van der Waals surface area contributed by atoms with Gasteiger partial charge in [-0.2, -0.15) is 0 Å². The molecule has 27 heavy (non-hydrogen) atoms. The van der Waals surface area contributed by atoms with E-state index in [-0.39, 0.29) is 12.6 Å². The Morgan fingerprint density at radius 3 is 2.30 bits per heavy atom. The van der Waals surface area contributed by atoms with Crippen LogP contribution in [0.1, 0.15) is 41.6 Å². The standard InChI is InChI=1S/C20H26N2O5/c1-12(2)22-13(3)9-16(14(22)4)20(24)27-11-19(23)21-15-7-8-17(25-5)18(10-15)26-6/h7-10,12H,11H2,1-6H3,(H,21,23). The molecule has 1 N–H and O–H groups in total. The van der Waals surface area contributed by atoms with Gasteiger partial charge in [0, 0.05) is 29.2 Å². The molecule has 7 nitrogen and oxygen atoms in total. The van der Waals surface area contributed by atoms with E-state index < -0.39 is 11.9 Å². The van der Waals surface area contributed by atoms with Gasteiger partial charge in [0.05, 0.1) is 19.8 Å². The van der Waals surface area contributed by atoms with Crippen LogP contribution in [0.15, 0.2) is 24.3 Å². The van der Waals surface area contributed by atoms with Gasteiger partial charge in [0.2, 0.25) is 0 Å². The normalized spacial score (nSPS) is 10.6. The van der Waals surface area contributed by atoms with E-state index in [1.54, 1.807) is 24.3 Å². The smallest absolute Gasteiger partial charge is 0.340 e. The first-order valence-electron chi connectivity index (χ1n) is 8.65. The quantitative estimate of drug-likeness (QED) is 0.751. The molecule has 0 aliphatic rings. The molecular weight excluding hydrogens is 348 g/mol. The van der Waals surface area contributed by atoms with Gasteiger partial charge in [-0.15, -0.1) is 0 Å². The fourth-order valence-electron chi connectivity index (χ4n) is 3.10. The molecule has 1 heterocycles. The Morgan fingerprint density at radius 1 is 1.07 bits per heavy atom. The average molecular weight is 374 g/mol. The van der Waals surface area contributed by atoms with Gasteiger partial charge < -0.3 is 24.1 Å². The lowest BCUT2D eigenvalue weighted by molar-refractivity contribution is -0.119. The lowest BCUT2D eigenvalue weighted by atomic mass is 10.2. The summed E-state index contributed by atoms with van der Waals surface area (Å²) >= 11 is 0. The summed E-state index contributed by atoms with van der Waals surface area (Å²) < 4.78 is 17.6. The molecule has 0 unspecified atom stereocenters. The minimum absolute atomic E-state index is 0.236. The van der Waals surface area contributed by atoms with Gasteiger partial charge in [-0.1, -0.05) is 0 Å². The minimum atomic E-state index is -0.516. The maximum atomic E-state index is 12.3. The van der Waals surface area contributed by atoms with E-state index in [1.165, 1.54) is 14.2 Å². The molecule has 146 valence electrons. The third-order valence-electron chi connectivity index (χ3n) is 4.22. The molecular formula is C20H26N2O5. The van der Waals surface area contributed by atoms with E-state index in [2.05, 4.69) is 9.88 Å². The van der Waals surface area contributed by atoms with Crippen molar-refractivity contribution in [1.29, 1.82) is 0 Å². The zero-order chi connectivity index (χ0) is 20.1. The molecule has 0 spiro atoms. The average Bonchev–Trinajstić information content (AvgIpc) is 2.94. The summed E-state index contributed by atoms with van der Waals surface area (Å²) in [5, 5.41) is 2.67. The number of carbonyl (C=O) groups excluding carboxylic acids is 2. The molecule has 0 atom stereocenters. The molecule has 0 aliphatic carbocycles. The van der Waals surface area contributed by atoms with Crippen LogP contribution in [0, 0.1) is 13.8 Å². The number of carbonyl (C=O) groups is 2. The second kappa shape index (κ2) is 8.62. The topological polar surface area (TPSA) is 78.8 Å². The van der Waals surface area contributed by atoms with Crippen molar-refractivity contribution in [2.75, 3.05) is 26.1 Å². The van der Waals surface area contributed by atoms with Crippen LogP contribution in [0.4, 0.5) is 5.69 Å². The van der Waals surface area contributed by atoms with E-state index in [0.29, 0.717) is 22.7 Å². The Morgan fingerprint density at radius 2 is 1.74 bits per heavy atom. The van der Waals surface area contributed by atoms with E-state index in [1.807, 2.05) is 27.7 Å². The predicted octanol–water partition coefficient (Wildman–Crippen LogP) is 3.50. The molecule has 1 aromatic carbocycles. The summed E-state index contributed by atoms with van der Waals surface area (Å²) in [7, 11) is 3.05. The van der Waals surface area contributed by atoms with Crippen LogP contribution < -0.4 is 14.8 Å². The number of anilines is 1. The Labute approximate surface area is 159 Å². The van der Waals surface area contributed by atoms with Gasteiger partial charge in [0.25, 0.3) is 5.91 Å². The van der Waals surface area contributed by atoms with Crippen molar-refractivity contribution >= 4 is 17.6 Å². The van der Waals surface area contributed by atoms with Crippen molar-refractivity contribution in [2.45, 2.75) is 33.7 Å². The fraction of sp³-hybridized carbons (Fsp3) is 0.400. The Bertz CT molecular complexity index is 839. The van der Waals surface area contributed by atoms with Gasteiger partial charge in [0.1, 0.15) is 0 Å². The first-order chi connectivity index (χ1) is 12.8. The Hall–Kier alpha value is -2.96. The van der Waals surface area contributed by atoms with Crippen LogP contribution in [-0.4, -0.2) is 37.3 Å². The molecule has 0 fully saturated rings. The van der Waals surface area contributed by atoms with Crippen LogP contribution >= 0.6 is 0 Å². The molecule has 2 aromatic rings. The van der Waals surface area contributed by atoms with E-state index in [0.717, 1.165) is 11.4 Å². The molecule has 0 saturated heterocycles. The van der Waals surface area contributed by atoms with Gasteiger partial charge >= 0.3 is 5.97 Å². The number of esters is 1. The van der Waals surface area contributed by atoms with Crippen LogP contribution in [0.3, 0.4) is 0 Å². The molecule has 7 heteroatoms.